The molecule has 0 spiro atoms. The molecule has 2 atom stereocenters. The zero-order chi connectivity index (χ0) is 14.4. The van der Waals surface area contributed by atoms with E-state index in [2.05, 4.69) is 47.2 Å². The van der Waals surface area contributed by atoms with Crippen LogP contribution in [0.15, 0.2) is 0 Å². The Bertz CT molecular complexity index is 266. The molecule has 5 heteroatoms. The monoisotopic (exact) mass is 301 g/mol. The van der Waals surface area contributed by atoms with Gasteiger partial charge in [0.1, 0.15) is 0 Å². The summed E-state index contributed by atoms with van der Waals surface area (Å²) in [6.45, 7) is 15.8. The van der Waals surface area contributed by atoms with Gasteiger partial charge in [0.15, 0.2) is 0 Å². The number of hydrogen-bond acceptors (Lipinski definition) is 5. The molecule has 2 rings (SSSR count). The van der Waals surface area contributed by atoms with Crippen LogP contribution in [-0.2, 0) is 4.74 Å². The van der Waals surface area contributed by atoms with E-state index >= 15 is 0 Å². The van der Waals surface area contributed by atoms with E-state index < -0.39 is 0 Å². The molecule has 0 aromatic rings. The van der Waals surface area contributed by atoms with Gasteiger partial charge in [-0.2, -0.15) is 0 Å². The Labute approximate surface area is 128 Å². The highest BCUT2D eigenvalue weighted by Crippen LogP contribution is 2.20. The maximum atomic E-state index is 5.45. The van der Waals surface area contributed by atoms with Gasteiger partial charge < -0.3 is 4.74 Å². The van der Waals surface area contributed by atoms with E-state index in [4.69, 9.17) is 4.74 Å². The van der Waals surface area contributed by atoms with E-state index in [0.717, 1.165) is 19.8 Å². The van der Waals surface area contributed by atoms with E-state index in [1.807, 2.05) is 0 Å². The van der Waals surface area contributed by atoms with E-state index in [9.17, 15) is 0 Å². The predicted molar refractivity (Wildman–Crippen MR) is 87.5 cm³/mol. The molecule has 0 aromatic heterocycles. The lowest BCUT2D eigenvalue weighted by atomic mass is 10.1. The first-order valence-corrected chi connectivity index (χ1v) is 9.23. The van der Waals surface area contributed by atoms with E-state index in [1.54, 1.807) is 0 Å². The minimum Gasteiger partial charge on any atom is -0.380 e. The molecule has 20 heavy (non-hydrogen) atoms. The third-order valence-corrected chi connectivity index (χ3v) is 5.78. The van der Waals surface area contributed by atoms with Crippen molar-refractivity contribution < 1.29 is 4.74 Å². The van der Waals surface area contributed by atoms with Crippen molar-refractivity contribution in [3.8, 4) is 0 Å². The SMILES string of the molecule is CCOCCN1CCN(C(C)C(C)N2CCSC2)CC1. The summed E-state index contributed by atoms with van der Waals surface area (Å²) in [6, 6.07) is 1.35. The summed E-state index contributed by atoms with van der Waals surface area (Å²) in [5.41, 5.74) is 0. The number of piperazine rings is 1. The zero-order valence-corrected chi connectivity index (χ0v) is 14.2. The molecule has 0 aliphatic carbocycles. The molecule has 0 amide bonds. The van der Waals surface area contributed by atoms with Crippen molar-refractivity contribution in [1.82, 2.24) is 14.7 Å². The van der Waals surface area contributed by atoms with Crippen LogP contribution in [0.25, 0.3) is 0 Å². The van der Waals surface area contributed by atoms with Crippen LogP contribution >= 0.6 is 11.8 Å². The summed E-state index contributed by atoms with van der Waals surface area (Å²) in [5.74, 6) is 2.53. The van der Waals surface area contributed by atoms with E-state index in [-0.39, 0.29) is 0 Å². The Kier molecular flexibility index (Phi) is 7.11. The lowest BCUT2D eigenvalue weighted by Gasteiger charge is -2.42. The fourth-order valence-electron chi connectivity index (χ4n) is 3.09. The van der Waals surface area contributed by atoms with Crippen LogP contribution in [0.4, 0.5) is 0 Å². The fraction of sp³-hybridized carbons (Fsp3) is 1.00. The highest BCUT2D eigenvalue weighted by atomic mass is 32.2. The number of ether oxygens (including phenoxy) is 1. The molecule has 2 unspecified atom stereocenters. The molecule has 0 radical (unpaired) electrons. The Morgan fingerprint density at radius 2 is 1.70 bits per heavy atom. The summed E-state index contributed by atoms with van der Waals surface area (Å²) >= 11 is 2.07. The first-order chi connectivity index (χ1) is 9.72. The Hall–Kier alpha value is 0.190. The van der Waals surface area contributed by atoms with Crippen LogP contribution < -0.4 is 0 Å². The summed E-state index contributed by atoms with van der Waals surface area (Å²) in [5, 5.41) is 0. The van der Waals surface area contributed by atoms with Gasteiger partial charge in [0.25, 0.3) is 0 Å². The number of nitrogens with zero attached hydrogens (tertiary/aromatic N) is 3. The van der Waals surface area contributed by atoms with Gasteiger partial charge in [-0.3, -0.25) is 14.7 Å². The Morgan fingerprint density at radius 1 is 1.00 bits per heavy atom. The van der Waals surface area contributed by atoms with Crippen LogP contribution in [0.3, 0.4) is 0 Å². The Balaban J connectivity index is 1.69. The molecular weight excluding hydrogens is 270 g/mol. The van der Waals surface area contributed by atoms with Gasteiger partial charge in [-0.25, -0.2) is 0 Å². The minimum atomic E-state index is 0.669. The van der Waals surface area contributed by atoms with Crippen molar-refractivity contribution in [3.63, 3.8) is 0 Å². The first kappa shape index (κ1) is 16.6. The van der Waals surface area contributed by atoms with Gasteiger partial charge in [0.2, 0.25) is 0 Å². The highest BCUT2D eigenvalue weighted by Gasteiger charge is 2.29. The van der Waals surface area contributed by atoms with Crippen LogP contribution in [0, 0.1) is 0 Å². The largest absolute Gasteiger partial charge is 0.380 e. The summed E-state index contributed by atoms with van der Waals surface area (Å²) in [6.07, 6.45) is 0. The van der Waals surface area contributed by atoms with Gasteiger partial charge in [-0.1, -0.05) is 0 Å². The van der Waals surface area contributed by atoms with Crippen LogP contribution in [0.1, 0.15) is 20.8 Å². The molecule has 4 nitrogen and oxygen atoms in total. The molecule has 118 valence electrons. The highest BCUT2D eigenvalue weighted by molar-refractivity contribution is 7.99. The second-order valence-corrected chi connectivity index (χ2v) is 6.98. The normalized spacial score (nSPS) is 25.9. The number of hydrogen-bond donors (Lipinski definition) is 0. The van der Waals surface area contributed by atoms with Crippen molar-refractivity contribution in [2.45, 2.75) is 32.9 Å². The molecule has 2 fully saturated rings. The van der Waals surface area contributed by atoms with Gasteiger partial charge in [0, 0.05) is 69.6 Å². The van der Waals surface area contributed by atoms with Crippen molar-refractivity contribution >= 4 is 11.8 Å². The topological polar surface area (TPSA) is 19.0 Å². The third-order valence-electron chi connectivity index (χ3n) is 4.79. The number of thioether (sulfide) groups is 1. The molecule has 0 aromatic carbocycles. The minimum absolute atomic E-state index is 0.669. The van der Waals surface area contributed by atoms with Crippen molar-refractivity contribution in [2.24, 2.45) is 0 Å². The summed E-state index contributed by atoms with van der Waals surface area (Å²) < 4.78 is 5.45. The lowest BCUT2D eigenvalue weighted by Crippen LogP contribution is -2.55. The van der Waals surface area contributed by atoms with Gasteiger partial charge >= 0.3 is 0 Å². The van der Waals surface area contributed by atoms with E-state index in [1.165, 1.54) is 44.4 Å². The van der Waals surface area contributed by atoms with Crippen LogP contribution in [0.5, 0.6) is 0 Å². The van der Waals surface area contributed by atoms with Gasteiger partial charge in [-0.15, -0.1) is 11.8 Å². The molecule has 2 aliphatic rings. The molecular formula is C15H31N3OS. The lowest BCUT2D eigenvalue weighted by molar-refractivity contribution is 0.0461. The number of rotatable bonds is 7. The van der Waals surface area contributed by atoms with Crippen LogP contribution in [-0.4, -0.2) is 90.9 Å². The molecule has 2 heterocycles. The van der Waals surface area contributed by atoms with Gasteiger partial charge in [-0.05, 0) is 20.8 Å². The maximum absolute atomic E-state index is 5.45. The predicted octanol–water partition coefficient (Wildman–Crippen LogP) is 1.42. The standard InChI is InChI=1S/C15H31N3OS/c1-4-19-11-9-16-5-7-17(8-6-16)14(2)15(3)18-10-12-20-13-18/h14-15H,4-13H2,1-3H3. The fourth-order valence-corrected chi connectivity index (χ4v) is 4.18. The maximum Gasteiger partial charge on any atom is 0.0593 e. The molecule has 0 bridgehead atoms. The van der Waals surface area contributed by atoms with Crippen LogP contribution in [0.2, 0.25) is 0 Å². The van der Waals surface area contributed by atoms with E-state index in [0.29, 0.717) is 12.1 Å². The second-order valence-electron chi connectivity index (χ2n) is 5.91. The van der Waals surface area contributed by atoms with Crippen molar-refractivity contribution in [2.75, 3.05) is 64.1 Å². The molecule has 2 aliphatic heterocycles. The molecule has 0 N–H and O–H groups in total. The zero-order valence-electron chi connectivity index (χ0n) is 13.4. The average Bonchev–Trinajstić information content (AvgIpc) is 3.01. The molecule has 0 saturated carbocycles. The quantitative estimate of drug-likeness (QED) is 0.660. The van der Waals surface area contributed by atoms with Crippen molar-refractivity contribution in [1.29, 1.82) is 0 Å². The summed E-state index contributed by atoms with van der Waals surface area (Å²) in [7, 11) is 0. The molecule has 2 saturated heterocycles. The average molecular weight is 302 g/mol. The summed E-state index contributed by atoms with van der Waals surface area (Å²) in [4.78, 5) is 7.84. The smallest absolute Gasteiger partial charge is 0.0593 e. The van der Waals surface area contributed by atoms with Gasteiger partial charge in [0.05, 0.1) is 6.61 Å². The van der Waals surface area contributed by atoms with Crippen molar-refractivity contribution in [3.05, 3.63) is 0 Å². The second kappa shape index (κ2) is 8.59. The first-order valence-electron chi connectivity index (χ1n) is 8.08. The third kappa shape index (κ3) is 4.60. The Morgan fingerprint density at radius 3 is 2.30 bits per heavy atom.